The molecule has 0 fully saturated rings. The molecule has 3 rings (SSSR count). The number of aromatic nitrogens is 4. The van der Waals surface area contributed by atoms with Gasteiger partial charge in [-0.2, -0.15) is 5.10 Å². The van der Waals surface area contributed by atoms with Gasteiger partial charge in [-0.1, -0.05) is 29.8 Å². The van der Waals surface area contributed by atoms with Crippen molar-refractivity contribution in [2.75, 3.05) is 0 Å². The molecule has 0 aliphatic carbocycles. The number of pyridine rings is 1. The van der Waals surface area contributed by atoms with Crippen molar-refractivity contribution >= 4 is 11.6 Å². The van der Waals surface area contributed by atoms with Gasteiger partial charge in [0.25, 0.3) is 0 Å². The summed E-state index contributed by atoms with van der Waals surface area (Å²) in [6.45, 7) is 0. The normalized spacial score (nSPS) is 10.5. The maximum Gasteiger partial charge on any atom is 0.183 e. The van der Waals surface area contributed by atoms with Crippen molar-refractivity contribution in [2.24, 2.45) is 0 Å². The van der Waals surface area contributed by atoms with Crippen LogP contribution in [0.25, 0.3) is 22.9 Å². The summed E-state index contributed by atoms with van der Waals surface area (Å²) in [5.41, 5.74) is 1.56. The Morgan fingerprint density at radius 3 is 2.61 bits per heavy atom. The summed E-state index contributed by atoms with van der Waals surface area (Å²) in [6.07, 6.45) is 1.72. The molecule has 3 aromatic rings. The number of H-pyrrole nitrogens is 1. The van der Waals surface area contributed by atoms with Crippen LogP contribution in [0, 0.1) is 0 Å². The zero-order valence-electron chi connectivity index (χ0n) is 9.34. The molecule has 0 bridgehead atoms. The fraction of sp³-hybridized carbons (Fsp3) is 0. The predicted octanol–water partition coefficient (Wildman–Crippen LogP) is 3.19. The second-order valence-electron chi connectivity index (χ2n) is 3.70. The van der Waals surface area contributed by atoms with Gasteiger partial charge in [-0.05, 0) is 24.3 Å². The minimum Gasteiger partial charge on any atom is -0.257 e. The second kappa shape index (κ2) is 4.58. The zero-order valence-corrected chi connectivity index (χ0v) is 10.1. The summed E-state index contributed by atoms with van der Waals surface area (Å²) in [5.74, 6) is 1.20. The van der Waals surface area contributed by atoms with Gasteiger partial charge in [-0.3, -0.25) is 10.1 Å². The van der Waals surface area contributed by atoms with Crippen LogP contribution in [0.1, 0.15) is 0 Å². The molecule has 0 unspecified atom stereocenters. The Morgan fingerprint density at radius 1 is 1.00 bits per heavy atom. The summed E-state index contributed by atoms with van der Waals surface area (Å²) in [6, 6.07) is 13.1. The van der Waals surface area contributed by atoms with Crippen LogP contribution < -0.4 is 0 Å². The van der Waals surface area contributed by atoms with Gasteiger partial charge in [0.2, 0.25) is 0 Å². The van der Waals surface area contributed by atoms with Gasteiger partial charge in [-0.25, -0.2) is 4.98 Å². The van der Waals surface area contributed by atoms with Gasteiger partial charge >= 0.3 is 0 Å². The van der Waals surface area contributed by atoms with Crippen LogP contribution in [0.2, 0.25) is 5.02 Å². The highest BCUT2D eigenvalue weighted by molar-refractivity contribution is 6.33. The molecule has 0 aliphatic heterocycles. The van der Waals surface area contributed by atoms with Crippen molar-refractivity contribution in [1.29, 1.82) is 0 Å². The number of rotatable bonds is 2. The van der Waals surface area contributed by atoms with E-state index in [-0.39, 0.29) is 0 Å². The minimum atomic E-state index is 0.571. The average Bonchev–Trinajstić information content (AvgIpc) is 2.90. The number of aromatic amines is 1. The lowest BCUT2D eigenvalue weighted by Gasteiger charge is -1.97. The van der Waals surface area contributed by atoms with E-state index in [0.717, 1.165) is 11.3 Å². The molecule has 0 saturated heterocycles. The molecular formula is C13H9ClN4. The lowest BCUT2D eigenvalue weighted by Crippen LogP contribution is -1.84. The molecule has 5 heteroatoms. The summed E-state index contributed by atoms with van der Waals surface area (Å²) < 4.78 is 0. The molecule has 0 atom stereocenters. The van der Waals surface area contributed by atoms with Crippen molar-refractivity contribution in [1.82, 2.24) is 20.2 Å². The van der Waals surface area contributed by atoms with Crippen LogP contribution in [0.15, 0.2) is 48.7 Å². The third-order valence-electron chi connectivity index (χ3n) is 2.51. The van der Waals surface area contributed by atoms with E-state index in [1.165, 1.54) is 0 Å². The maximum atomic E-state index is 6.10. The highest BCUT2D eigenvalue weighted by Crippen LogP contribution is 2.25. The molecule has 2 aromatic heterocycles. The van der Waals surface area contributed by atoms with Crippen LogP contribution in [0.4, 0.5) is 0 Å². The summed E-state index contributed by atoms with van der Waals surface area (Å²) in [4.78, 5) is 8.61. The predicted molar refractivity (Wildman–Crippen MR) is 70.1 cm³/mol. The van der Waals surface area contributed by atoms with Crippen molar-refractivity contribution < 1.29 is 0 Å². The largest absolute Gasteiger partial charge is 0.257 e. The van der Waals surface area contributed by atoms with Gasteiger partial charge in [0.05, 0.1) is 5.02 Å². The summed E-state index contributed by atoms with van der Waals surface area (Å²) in [5, 5.41) is 7.66. The van der Waals surface area contributed by atoms with E-state index < -0.39 is 0 Å². The van der Waals surface area contributed by atoms with E-state index in [1.807, 2.05) is 42.5 Å². The first-order valence-corrected chi connectivity index (χ1v) is 5.81. The molecule has 1 N–H and O–H groups in total. The molecule has 1 aromatic carbocycles. The number of hydrogen-bond donors (Lipinski definition) is 1. The summed E-state index contributed by atoms with van der Waals surface area (Å²) in [7, 11) is 0. The summed E-state index contributed by atoms with van der Waals surface area (Å²) >= 11 is 6.10. The quantitative estimate of drug-likeness (QED) is 0.766. The number of hydrogen-bond acceptors (Lipinski definition) is 3. The molecule has 88 valence electrons. The Hall–Kier alpha value is -2.20. The zero-order chi connectivity index (χ0) is 12.4. The average molecular weight is 257 g/mol. The topological polar surface area (TPSA) is 54.5 Å². The second-order valence-corrected chi connectivity index (χ2v) is 4.11. The van der Waals surface area contributed by atoms with Gasteiger partial charge in [0.15, 0.2) is 11.6 Å². The fourth-order valence-electron chi connectivity index (χ4n) is 1.64. The minimum absolute atomic E-state index is 0.571. The van der Waals surface area contributed by atoms with Crippen LogP contribution in [0.5, 0.6) is 0 Å². The lowest BCUT2D eigenvalue weighted by molar-refractivity contribution is 1.09. The smallest absolute Gasteiger partial charge is 0.183 e. The Morgan fingerprint density at radius 2 is 1.83 bits per heavy atom. The third-order valence-corrected chi connectivity index (χ3v) is 2.84. The molecule has 0 radical (unpaired) electrons. The number of halogens is 1. The van der Waals surface area contributed by atoms with Crippen LogP contribution in [-0.2, 0) is 0 Å². The van der Waals surface area contributed by atoms with Crippen molar-refractivity contribution in [3.8, 4) is 22.9 Å². The molecule has 0 spiro atoms. The molecule has 0 aliphatic rings. The van der Waals surface area contributed by atoms with Crippen molar-refractivity contribution in [3.05, 3.63) is 53.7 Å². The molecule has 4 nitrogen and oxygen atoms in total. The lowest BCUT2D eigenvalue weighted by atomic mass is 10.2. The number of benzene rings is 1. The van der Waals surface area contributed by atoms with Crippen LogP contribution in [-0.4, -0.2) is 20.2 Å². The van der Waals surface area contributed by atoms with Gasteiger partial charge in [-0.15, -0.1) is 0 Å². The van der Waals surface area contributed by atoms with Crippen molar-refractivity contribution in [3.63, 3.8) is 0 Å². The van der Waals surface area contributed by atoms with E-state index in [2.05, 4.69) is 20.2 Å². The van der Waals surface area contributed by atoms with Gasteiger partial charge in [0, 0.05) is 11.8 Å². The first-order valence-electron chi connectivity index (χ1n) is 5.43. The molecular weight excluding hydrogens is 248 g/mol. The highest BCUT2D eigenvalue weighted by Gasteiger charge is 2.10. The standard InChI is InChI=1S/C13H9ClN4/c14-10-6-2-1-5-9(10)12-16-13(18-17-12)11-7-3-4-8-15-11/h1-8H,(H,16,17,18). The van der Waals surface area contributed by atoms with Crippen LogP contribution >= 0.6 is 11.6 Å². The first-order chi connectivity index (χ1) is 8.84. The van der Waals surface area contributed by atoms with Crippen LogP contribution in [0.3, 0.4) is 0 Å². The Kier molecular flexibility index (Phi) is 2.78. The SMILES string of the molecule is Clc1ccccc1-c1n[nH]c(-c2ccccn2)n1. The van der Waals surface area contributed by atoms with E-state index in [1.54, 1.807) is 6.20 Å². The maximum absolute atomic E-state index is 6.10. The monoisotopic (exact) mass is 256 g/mol. The Labute approximate surface area is 109 Å². The van der Waals surface area contributed by atoms with E-state index in [0.29, 0.717) is 16.7 Å². The Bertz CT molecular complexity index is 664. The fourth-order valence-corrected chi connectivity index (χ4v) is 1.86. The third kappa shape index (κ3) is 1.98. The Balaban J connectivity index is 2.03. The van der Waals surface area contributed by atoms with Crippen molar-refractivity contribution in [2.45, 2.75) is 0 Å². The molecule has 18 heavy (non-hydrogen) atoms. The highest BCUT2D eigenvalue weighted by atomic mass is 35.5. The van der Waals surface area contributed by atoms with E-state index in [4.69, 9.17) is 11.6 Å². The number of nitrogens with one attached hydrogen (secondary N) is 1. The first kappa shape index (κ1) is 10.9. The molecule has 2 heterocycles. The van der Waals surface area contributed by atoms with E-state index >= 15 is 0 Å². The van der Waals surface area contributed by atoms with E-state index in [9.17, 15) is 0 Å². The molecule has 0 saturated carbocycles. The van der Waals surface area contributed by atoms with Gasteiger partial charge in [0.1, 0.15) is 5.69 Å². The van der Waals surface area contributed by atoms with Gasteiger partial charge < -0.3 is 0 Å². The number of nitrogens with zero attached hydrogens (tertiary/aromatic N) is 3. The molecule has 0 amide bonds.